The zero-order chi connectivity index (χ0) is 6.69. The Balaban J connectivity index is 2.94. The van der Waals surface area contributed by atoms with E-state index in [4.69, 9.17) is 5.21 Å². The number of rotatable bonds is 1. The smallest absolute Gasteiger partial charge is 0.241 e. The van der Waals surface area contributed by atoms with Crippen LogP contribution in [0, 0.1) is 0 Å². The molecule has 4 heteroatoms. The van der Waals surface area contributed by atoms with Gasteiger partial charge in [0.05, 0.1) is 5.38 Å². The van der Waals surface area contributed by atoms with E-state index < -0.39 is 0 Å². The molecule has 0 aromatic carbocycles. The van der Waals surface area contributed by atoms with E-state index in [0.29, 0.717) is 0 Å². The van der Waals surface area contributed by atoms with Gasteiger partial charge in [-0.25, -0.2) is 0 Å². The summed E-state index contributed by atoms with van der Waals surface area (Å²) in [6, 6.07) is 1.88. The van der Waals surface area contributed by atoms with Crippen LogP contribution in [0.5, 0.6) is 0 Å². The van der Waals surface area contributed by atoms with Crippen LogP contribution in [0.1, 0.15) is 5.69 Å². The predicted molar refractivity (Wildman–Crippen MR) is 34.9 cm³/mol. The summed E-state index contributed by atoms with van der Waals surface area (Å²) in [6.07, 6.45) is 1.40. The number of aryl methyl sites for hydroxylation is 1. The molecule has 0 bridgehead atoms. The zero-order valence-electron chi connectivity index (χ0n) is 4.98. The molecule has 0 radical (unpaired) electrons. The van der Waals surface area contributed by atoms with Gasteiger partial charge in [0.1, 0.15) is 17.7 Å². The van der Waals surface area contributed by atoms with Crippen molar-refractivity contribution in [1.82, 2.24) is 0 Å². The van der Waals surface area contributed by atoms with Crippen molar-refractivity contribution in [1.29, 1.82) is 0 Å². The molecule has 1 N–H and O–H groups in total. The SMILES string of the molecule is C[n+]1sccc1/C=N/O. The van der Waals surface area contributed by atoms with Crippen molar-refractivity contribution in [2.75, 3.05) is 0 Å². The van der Waals surface area contributed by atoms with Crippen LogP contribution in [0.25, 0.3) is 0 Å². The number of nitrogens with zero attached hydrogens (tertiary/aromatic N) is 2. The second-order valence-electron chi connectivity index (χ2n) is 1.58. The molecule has 1 rings (SSSR count). The van der Waals surface area contributed by atoms with Gasteiger partial charge >= 0.3 is 0 Å². The zero-order valence-corrected chi connectivity index (χ0v) is 5.80. The maximum Gasteiger partial charge on any atom is 0.241 e. The van der Waals surface area contributed by atoms with E-state index >= 15 is 0 Å². The monoisotopic (exact) mass is 143 g/mol. The molecule has 0 aliphatic carbocycles. The van der Waals surface area contributed by atoms with Crippen molar-refractivity contribution in [2.45, 2.75) is 0 Å². The van der Waals surface area contributed by atoms with Crippen molar-refractivity contribution in [3.63, 3.8) is 0 Å². The second kappa shape index (κ2) is 2.59. The van der Waals surface area contributed by atoms with Crippen molar-refractivity contribution in [2.24, 2.45) is 12.2 Å². The molecule has 3 nitrogen and oxygen atoms in total. The summed E-state index contributed by atoms with van der Waals surface area (Å²) in [7, 11) is 1.90. The van der Waals surface area contributed by atoms with Gasteiger partial charge in [0.25, 0.3) is 0 Å². The van der Waals surface area contributed by atoms with Gasteiger partial charge in [-0.1, -0.05) is 5.16 Å². The van der Waals surface area contributed by atoms with Gasteiger partial charge in [-0.2, -0.15) is 0 Å². The first kappa shape index (κ1) is 6.22. The summed E-state index contributed by atoms with van der Waals surface area (Å²) in [5.74, 6) is 0. The lowest BCUT2D eigenvalue weighted by Crippen LogP contribution is -2.26. The van der Waals surface area contributed by atoms with Crippen LogP contribution in [0.15, 0.2) is 16.6 Å². The highest BCUT2D eigenvalue weighted by Gasteiger charge is 2.02. The van der Waals surface area contributed by atoms with Crippen molar-refractivity contribution in [3.8, 4) is 0 Å². The summed E-state index contributed by atoms with van der Waals surface area (Å²) >= 11 is 1.56. The van der Waals surface area contributed by atoms with Gasteiger partial charge < -0.3 is 5.21 Å². The molecule has 0 fully saturated rings. The van der Waals surface area contributed by atoms with Crippen LogP contribution in [0.2, 0.25) is 0 Å². The summed E-state index contributed by atoms with van der Waals surface area (Å²) < 4.78 is 1.90. The molecule has 1 aromatic rings. The van der Waals surface area contributed by atoms with Crippen LogP contribution in [0.3, 0.4) is 0 Å². The lowest BCUT2D eigenvalue weighted by Gasteiger charge is -1.76. The standard InChI is InChI=1S/C5H6N2OS/c1-7-5(4-6-8)2-3-9-7/h2-4H,1H3/p+1. The molecule has 0 atom stereocenters. The third-order valence-electron chi connectivity index (χ3n) is 1.01. The van der Waals surface area contributed by atoms with E-state index in [0.717, 1.165) is 5.69 Å². The summed E-state index contributed by atoms with van der Waals surface area (Å²) in [5.41, 5.74) is 0.905. The van der Waals surface area contributed by atoms with Gasteiger partial charge in [-0.15, -0.1) is 3.96 Å². The molecule has 0 amide bonds. The summed E-state index contributed by atoms with van der Waals surface area (Å²) in [4.78, 5) is 0. The fraction of sp³-hybridized carbons (Fsp3) is 0.200. The molecule has 0 aliphatic rings. The third-order valence-corrected chi connectivity index (χ3v) is 1.80. The highest BCUT2D eigenvalue weighted by atomic mass is 32.1. The van der Waals surface area contributed by atoms with E-state index in [1.54, 1.807) is 11.5 Å². The molecule has 0 aliphatic heterocycles. The minimum atomic E-state index is 0.905. The molecule has 0 spiro atoms. The predicted octanol–water partition coefficient (Wildman–Crippen LogP) is 0.381. The molecule has 9 heavy (non-hydrogen) atoms. The molecule has 48 valence electrons. The Kier molecular flexibility index (Phi) is 1.79. The lowest BCUT2D eigenvalue weighted by atomic mass is 10.5. The maximum atomic E-state index is 8.12. The number of aromatic nitrogens is 1. The van der Waals surface area contributed by atoms with Crippen molar-refractivity contribution in [3.05, 3.63) is 17.1 Å². The highest BCUT2D eigenvalue weighted by molar-refractivity contribution is 6.99. The molecular weight excluding hydrogens is 136 g/mol. The molecule has 1 aromatic heterocycles. The lowest BCUT2D eigenvalue weighted by molar-refractivity contribution is -0.601. The molecule has 0 saturated heterocycles. The Hall–Kier alpha value is -0.900. The molecular formula is C5H7N2OS+. The Morgan fingerprint density at radius 1 is 1.89 bits per heavy atom. The molecule has 0 saturated carbocycles. The molecule has 0 unspecified atom stereocenters. The second-order valence-corrected chi connectivity index (χ2v) is 2.61. The first-order valence-corrected chi connectivity index (χ1v) is 3.29. The van der Waals surface area contributed by atoms with E-state index in [1.807, 2.05) is 22.5 Å². The number of hydrogen-bond acceptors (Lipinski definition) is 3. The Morgan fingerprint density at radius 2 is 2.67 bits per heavy atom. The van der Waals surface area contributed by atoms with Gasteiger partial charge in [0.15, 0.2) is 7.05 Å². The average molecular weight is 143 g/mol. The van der Waals surface area contributed by atoms with Gasteiger partial charge in [0.2, 0.25) is 5.69 Å². The Labute approximate surface area is 57.0 Å². The quantitative estimate of drug-likeness (QED) is 0.262. The van der Waals surface area contributed by atoms with Crippen molar-refractivity contribution >= 4 is 17.7 Å². The Morgan fingerprint density at radius 3 is 3.11 bits per heavy atom. The molecule has 1 heterocycles. The minimum absolute atomic E-state index is 0.905. The van der Waals surface area contributed by atoms with E-state index in [9.17, 15) is 0 Å². The van der Waals surface area contributed by atoms with Crippen LogP contribution in [-0.2, 0) is 7.05 Å². The van der Waals surface area contributed by atoms with E-state index in [-0.39, 0.29) is 0 Å². The highest BCUT2D eigenvalue weighted by Crippen LogP contribution is 1.91. The first-order valence-electron chi connectivity index (χ1n) is 2.46. The van der Waals surface area contributed by atoms with Crippen molar-refractivity contribution < 1.29 is 9.16 Å². The van der Waals surface area contributed by atoms with Crippen LogP contribution in [-0.4, -0.2) is 11.4 Å². The normalized spacial score (nSPS) is 10.8. The maximum absolute atomic E-state index is 8.12. The van der Waals surface area contributed by atoms with E-state index in [2.05, 4.69) is 5.16 Å². The van der Waals surface area contributed by atoms with Crippen LogP contribution in [0.4, 0.5) is 0 Å². The van der Waals surface area contributed by atoms with Crippen LogP contribution < -0.4 is 3.96 Å². The summed E-state index contributed by atoms with van der Waals surface area (Å²) in [5, 5.41) is 13.0. The number of hydrogen-bond donors (Lipinski definition) is 1. The van der Waals surface area contributed by atoms with Gasteiger partial charge in [0, 0.05) is 6.07 Å². The Bertz CT molecular complexity index is 218. The average Bonchev–Trinajstić information content (AvgIpc) is 2.18. The third kappa shape index (κ3) is 1.26. The summed E-state index contributed by atoms with van der Waals surface area (Å²) in [6.45, 7) is 0. The van der Waals surface area contributed by atoms with E-state index in [1.165, 1.54) is 6.21 Å². The van der Waals surface area contributed by atoms with Gasteiger partial charge in [-0.05, 0) is 0 Å². The number of oxime groups is 1. The fourth-order valence-electron chi connectivity index (χ4n) is 0.541. The fourth-order valence-corrected chi connectivity index (χ4v) is 1.15. The van der Waals surface area contributed by atoms with Crippen LogP contribution >= 0.6 is 11.5 Å². The topological polar surface area (TPSA) is 36.5 Å². The van der Waals surface area contributed by atoms with Gasteiger partial charge in [-0.3, -0.25) is 0 Å². The largest absolute Gasteiger partial charge is 0.411 e. The minimum Gasteiger partial charge on any atom is -0.411 e. The first-order chi connectivity index (χ1) is 4.34.